The maximum Gasteiger partial charge on any atom is 0.407 e. The molecular weight excluding hydrogens is 394 g/mol. The molecule has 0 fully saturated rings. The van der Waals surface area contributed by atoms with E-state index in [1.165, 1.54) is 0 Å². The summed E-state index contributed by atoms with van der Waals surface area (Å²) >= 11 is 0. The van der Waals surface area contributed by atoms with Crippen LogP contribution in [0.3, 0.4) is 0 Å². The van der Waals surface area contributed by atoms with Crippen LogP contribution in [0.5, 0.6) is 0 Å². The molecule has 31 heavy (non-hydrogen) atoms. The highest BCUT2D eigenvalue weighted by Crippen LogP contribution is 2.19. The molecule has 0 spiro atoms. The van der Waals surface area contributed by atoms with Crippen molar-refractivity contribution < 1.29 is 23.9 Å². The summed E-state index contributed by atoms with van der Waals surface area (Å²) in [6.45, 7) is -0.136. The molecule has 3 aromatic rings. The Morgan fingerprint density at radius 3 is 2.00 bits per heavy atom. The number of carbonyl (C=O) groups excluding carboxylic acids is 3. The number of alkyl carbamates (subject to hydrolysis) is 1. The second-order valence-electron chi connectivity index (χ2n) is 6.77. The number of amides is 1. The van der Waals surface area contributed by atoms with E-state index in [1.54, 1.807) is 12.1 Å². The van der Waals surface area contributed by atoms with Crippen LogP contribution in [-0.2, 0) is 20.9 Å². The van der Waals surface area contributed by atoms with Crippen molar-refractivity contribution in [3.05, 3.63) is 96.1 Å². The number of Topliss-reactive ketones (excluding diaryl/α,β-unsaturated/α-hetero) is 1. The zero-order valence-corrected chi connectivity index (χ0v) is 17.0. The third kappa shape index (κ3) is 7.12. The SMILES string of the molecule is O=C(CCNC(=O)OCc1ccccc1)OCC(=O)c1ccc(-c2ccccc2)cc1. The first-order chi connectivity index (χ1) is 15.1. The van der Waals surface area contributed by atoms with Crippen molar-refractivity contribution in [2.75, 3.05) is 13.2 Å². The van der Waals surface area contributed by atoms with Crippen molar-refractivity contribution in [2.45, 2.75) is 13.0 Å². The smallest absolute Gasteiger partial charge is 0.407 e. The van der Waals surface area contributed by atoms with E-state index in [2.05, 4.69) is 5.32 Å². The summed E-state index contributed by atoms with van der Waals surface area (Å²) in [7, 11) is 0. The predicted octanol–water partition coefficient (Wildman–Crippen LogP) is 4.40. The highest BCUT2D eigenvalue weighted by atomic mass is 16.5. The molecule has 0 unspecified atom stereocenters. The first kappa shape index (κ1) is 21.8. The standard InChI is InChI=1S/C25H23NO5/c27-23(22-13-11-21(12-14-22)20-9-5-2-6-10-20)18-30-24(28)15-16-26-25(29)31-17-19-7-3-1-4-8-19/h1-14H,15-18H2,(H,26,29). The van der Waals surface area contributed by atoms with Crippen LogP contribution in [0.4, 0.5) is 4.79 Å². The van der Waals surface area contributed by atoms with E-state index in [0.717, 1.165) is 16.7 Å². The van der Waals surface area contributed by atoms with Crippen molar-refractivity contribution in [1.29, 1.82) is 0 Å². The van der Waals surface area contributed by atoms with E-state index >= 15 is 0 Å². The van der Waals surface area contributed by atoms with Gasteiger partial charge in [-0.3, -0.25) is 9.59 Å². The van der Waals surface area contributed by atoms with Crippen molar-refractivity contribution in [2.24, 2.45) is 0 Å². The Morgan fingerprint density at radius 1 is 0.710 bits per heavy atom. The minimum atomic E-state index is -0.619. The van der Waals surface area contributed by atoms with Crippen LogP contribution < -0.4 is 5.32 Å². The molecule has 3 rings (SSSR count). The summed E-state index contributed by atoms with van der Waals surface area (Å²) in [5, 5.41) is 2.48. The molecule has 158 valence electrons. The van der Waals surface area contributed by atoms with Crippen molar-refractivity contribution in [3.8, 4) is 11.1 Å². The summed E-state index contributed by atoms with van der Waals surface area (Å²) in [6, 6.07) is 26.2. The summed E-state index contributed by atoms with van der Waals surface area (Å²) in [5.74, 6) is -0.860. The molecule has 1 N–H and O–H groups in total. The molecule has 0 radical (unpaired) electrons. The number of rotatable bonds is 9. The molecule has 0 aliphatic heterocycles. The Hall–Kier alpha value is -3.93. The van der Waals surface area contributed by atoms with Gasteiger partial charge < -0.3 is 14.8 Å². The van der Waals surface area contributed by atoms with Gasteiger partial charge >= 0.3 is 12.1 Å². The molecule has 0 heterocycles. The minimum absolute atomic E-state index is 0.0549. The van der Waals surface area contributed by atoms with Gasteiger partial charge in [-0.2, -0.15) is 0 Å². The number of hydrogen-bond donors (Lipinski definition) is 1. The monoisotopic (exact) mass is 417 g/mol. The molecule has 6 heteroatoms. The number of benzene rings is 3. The molecule has 0 saturated heterocycles. The van der Waals surface area contributed by atoms with E-state index in [1.807, 2.05) is 72.8 Å². The van der Waals surface area contributed by atoms with Crippen LogP contribution in [0.1, 0.15) is 22.3 Å². The first-order valence-corrected chi connectivity index (χ1v) is 9.90. The molecule has 0 aliphatic carbocycles. The lowest BCUT2D eigenvalue weighted by Gasteiger charge is -2.08. The number of nitrogens with one attached hydrogen (secondary N) is 1. The van der Waals surface area contributed by atoms with E-state index in [-0.39, 0.29) is 32.0 Å². The third-order valence-electron chi connectivity index (χ3n) is 4.49. The van der Waals surface area contributed by atoms with Crippen molar-refractivity contribution >= 4 is 17.8 Å². The average Bonchev–Trinajstić information content (AvgIpc) is 2.82. The summed E-state index contributed by atoms with van der Waals surface area (Å²) in [6.07, 6.45) is -0.674. The Kier molecular flexibility index (Phi) is 7.94. The number of ether oxygens (including phenoxy) is 2. The van der Waals surface area contributed by atoms with Gasteiger partial charge in [-0.1, -0.05) is 84.9 Å². The van der Waals surface area contributed by atoms with Crippen LogP contribution in [0.2, 0.25) is 0 Å². The fourth-order valence-corrected chi connectivity index (χ4v) is 2.82. The summed E-state index contributed by atoms with van der Waals surface area (Å²) in [4.78, 5) is 35.7. The van der Waals surface area contributed by atoms with E-state index in [0.29, 0.717) is 5.56 Å². The normalized spacial score (nSPS) is 10.2. The quantitative estimate of drug-likeness (QED) is 0.412. The van der Waals surface area contributed by atoms with Crippen LogP contribution in [0, 0.1) is 0 Å². The minimum Gasteiger partial charge on any atom is -0.457 e. The topological polar surface area (TPSA) is 81.7 Å². The molecule has 0 bridgehead atoms. The van der Waals surface area contributed by atoms with Gasteiger partial charge in [-0.15, -0.1) is 0 Å². The summed E-state index contributed by atoms with van der Waals surface area (Å²) in [5.41, 5.74) is 3.39. The second kappa shape index (κ2) is 11.3. The Morgan fingerprint density at radius 2 is 1.32 bits per heavy atom. The Labute approximate surface area is 180 Å². The molecule has 0 aromatic heterocycles. The lowest BCUT2D eigenvalue weighted by Crippen LogP contribution is -2.27. The zero-order chi connectivity index (χ0) is 21.9. The molecule has 1 amide bonds. The number of ketones is 1. The van der Waals surface area contributed by atoms with E-state index < -0.39 is 12.1 Å². The van der Waals surface area contributed by atoms with Crippen LogP contribution in [0.15, 0.2) is 84.9 Å². The third-order valence-corrected chi connectivity index (χ3v) is 4.49. The molecular formula is C25H23NO5. The first-order valence-electron chi connectivity index (χ1n) is 9.90. The number of carbonyl (C=O) groups is 3. The average molecular weight is 417 g/mol. The fourth-order valence-electron chi connectivity index (χ4n) is 2.82. The predicted molar refractivity (Wildman–Crippen MR) is 116 cm³/mol. The van der Waals surface area contributed by atoms with Gasteiger partial charge in [0.05, 0.1) is 6.42 Å². The maximum atomic E-state index is 12.2. The summed E-state index contributed by atoms with van der Waals surface area (Å²) < 4.78 is 10.1. The highest BCUT2D eigenvalue weighted by Gasteiger charge is 2.11. The van der Waals surface area contributed by atoms with Gasteiger partial charge in [0.1, 0.15) is 6.61 Å². The van der Waals surface area contributed by atoms with Crippen LogP contribution in [-0.4, -0.2) is 31.0 Å². The Balaban J connectivity index is 1.34. The largest absolute Gasteiger partial charge is 0.457 e. The van der Waals surface area contributed by atoms with Gasteiger partial charge in [0.25, 0.3) is 0 Å². The molecule has 0 saturated carbocycles. The van der Waals surface area contributed by atoms with Gasteiger partial charge in [0, 0.05) is 12.1 Å². The van der Waals surface area contributed by atoms with E-state index in [9.17, 15) is 14.4 Å². The molecule has 3 aromatic carbocycles. The highest BCUT2D eigenvalue weighted by molar-refractivity contribution is 5.98. The zero-order valence-electron chi connectivity index (χ0n) is 17.0. The molecule has 6 nitrogen and oxygen atoms in total. The van der Waals surface area contributed by atoms with Crippen molar-refractivity contribution in [1.82, 2.24) is 5.32 Å². The van der Waals surface area contributed by atoms with Gasteiger partial charge in [0.2, 0.25) is 0 Å². The fraction of sp³-hybridized carbons (Fsp3) is 0.160. The maximum absolute atomic E-state index is 12.2. The molecule has 0 atom stereocenters. The van der Waals surface area contributed by atoms with E-state index in [4.69, 9.17) is 9.47 Å². The van der Waals surface area contributed by atoms with Gasteiger partial charge in [0.15, 0.2) is 12.4 Å². The second-order valence-corrected chi connectivity index (χ2v) is 6.77. The van der Waals surface area contributed by atoms with Crippen LogP contribution >= 0.6 is 0 Å². The van der Waals surface area contributed by atoms with Gasteiger partial charge in [-0.25, -0.2) is 4.79 Å². The number of esters is 1. The van der Waals surface area contributed by atoms with Crippen LogP contribution in [0.25, 0.3) is 11.1 Å². The molecule has 0 aliphatic rings. The lowest BCUT2D eigenvalue weighted by molar-refractivity contribution is -0.142. The van der Waals surface area contributed by atoms with Gasteiger partial charge in [-0.05, 0) is 16.7 Å². The van der Waals surface area contributed by atoms with Crippen molar-refractivity contribution in [3.63, 3.8) is 0 Å². The Bertz CT molecular complexity index is 1000. The number of hydrogen-bond acceptors (Lipinski definition) is 5. The lowest BCUT2D eigenvalue weighted by atomic mass is 10.0.